The van der Waals surface area contributed by atoms with Crippen molar-refractivity contribution < 1.29 is 9.21 Å². The molecule has 1 amide bonds. The Hall–Kier alpha value is -3.68. The fraction of sp³-hybridized carbons (Fsp3) is 0.0800. The summed E-state index contributed by atoms with van der Waals surface area (Å²) in [6.45, 7) is 1.79. The van der Waals surface area contributed by atoms with E-state index in [1.54, 1.807) is 48.3 Å². The first kappa shape index (κ1) is 21.2. The van der Waals surface area contributed by atoms with Gasteiger partial charge in [-0.25, -0.2) is 4.99 Å². The van der Waals surface area contributed by atoms with Crippen molar-refractivity contribution in [1.29, 1.82) is 0 Å². The van der Waals surface area contributed by atoms with E-state index in [2.05, 4.69) is 10.3 Å². The Bertz CT molecular complexity index is 1530. The topological polar surface area (TPSA) is 76.6 Å². The van der Waals surface area contributed by atoms with Gasteiger partial charge in [0, 0.05) is 16.3 Å². The van der Waals surface area contributed by atoms with E-state index in [4.69, 9.17) is 16.0 Å². The number of carbonyl (C=O) groups excluding carboxylic acids is 1. The summed E-state index contributed by atoms with van der Waals surface area (Å²) in [6, 6.07) is 17.5. The summed E-state index contributed by atoms with van der Waals surface area (Å²) >= 11 is 7.39. The lowest BCUT2D eigenvalue weighted by Crippen LogP contribution is -2.40. The van der Waals surface area contributed by atoms with Crippen molar-refractivity contribution in [2.24, 2.45) is 4.99 Å². The van der Waals surface area contributed by atoms with Crippen molar-refractivity contribution in [3.05, 3.63) is 120 Å². The molecule has 0 radical (unpaired) electrons. The Morgan fingerprint density at radius 1 is 1.15 bits per heavy atom. The van der Waals surface area contributed by atoms with Gasteiger partial charge in [-0.2, -0.15) is 0 Å². The molecule has 6 nitrogen and oxygen atoms in total. The van der Waals surface area contributed by atoms with Crippen LogP contribution in [0.4, 0.5) is 5.69 Å². The van der Waals surface area contributed by atoms with Crippen LogP contribution < -0.4 is 20.2 Å². The molecule has 2 aromatic heterocycles. The zero-order chi connectivity index (χ0) is 22.9. The summed E-state index contributed by atoms with van der Waals surface area (Å²) < 4.78 is 7.20. The third-order valence-corrected chi connectivity index (χ3v) is 6.56. The molecule has 0 saturated carbocycles. The molecule has 0 spiro atoms. The lowest BCUT2D eigenvalue weighted by atomic mass is 9.95. The van der Waals surface area contributed by atoms with E-state index < -0.39 is 6.04 Å². The summed E-state index contributed by atoms with van der Waals surface area (Å²) in [4.78, 5) is 32.1. The number of halogens is 1. The predicted molar refractivity (Wildman–Crippen MR) is 129 cm³/mol. The minimum absolute atomic E-state index is 0.225. The largest absolute Gasteiger partial charge is 0.472 e. The second kappa shape index (κ2) is 8.69. The quantitative estimate of drug-likeness (QED) is 0.482. The molecule has 0 bridgehead atoms. The number of carbonyl (C=O) groups is 1. The minimum atomic E-state index is -0.645. The third-order valence-electron chi connectivity index (χ3n) is 5.32. The molecule has 33 heavy (non-hydrogen) atoms. The number of anilines is 1. The van der Waals surface area contributed by atoms with Crippen LogP contribution in [0.3, 0.4) is 0 Å². The van der Waals surface area contributed by atoms with Crippen LogP contribution in [0.2, 0.25) is 5.02 Å². The number of amides is 1. The standard InChI is InChI=1S/C25H18ClN3O3S/c1-15-21(23(30)28-19-5-3-2-4-6-19)22(17-7-9-18(26)10-8-17)29-24(31)20(33-25(29)27-15)13-16-11-12-32-14-16/h2-14,22H,1H3,(H,28,30)/b20-13+. The smallest absolute Gasteiger partial charge is 0.271 e. The Labute approximate surface area is 197 Å². The van der Waals surface area contributed by atoms with Crippen molar-refractivity contribution in [3.63, 3.8) is 0 Å². The van der Waals surface area contributed by atoms with Gasteiger partial charge in [0.15, 0.2) is 4.80 Å². The molecule has 8 heteroatoms. The van der Waals surface area contributed by atoms with E-state index in [9.17, 15) is 9.59 Å². The Balaban J connectivity index is 1.68. The molecule has 1 aliphatic heterocycles. The van der Waals surface area contributed by atoms with Gasteiger partial charge in [0.25, 0.3) is 11.5 Å². The first-order chi connectivity index (χ1) is 16.0. The summed E-state index contributed by atoms with van der Waals surface area (Å²) in [5.74, 6) is -0.313. The monoisotopic (exact) mass is 475 g/mol. The van der Waals surface area contributed by atoms with Crippen LogP contribution in [0, 0.1) is 0 Å². The normalized spacial score (nSPS) is 15.8. The molecule has 0 saturated heterocycles. The number of benzene rings is 2. The van der Waals surface area contributed by atoms with E-state index in [-0.39, 0.29) is 11.5 Å². The first-order valence-corrected chi connectivity index (χ1v) is 11.4. The van der Waals surface area contributed by atoms with Crippen LogP contribution in [0.25, 0.3) is 6.08 Å². The van der Waals surface area contributed by atoms with Gasteiger partial charge < -0.3 is 9.73 Å². The lowest BCUT2D eigenvalue weighted by molar-refractivity contribution is -0.113. The van der Waals surface area contributed by atoms with Crippen LogP contribution in [0.15, 0.2) is 98.7 Å². The Morgan fingerprint density at radius 3 is 2.61 bits per heavy atom. The number of allylic oxidation sites excluding steroid dienone is 1. The molecule has 5 rings (SSSR count). The summed E-state index contributed by atoms with van der Waals surface area (Å²) in [5, 5.41) is 3.50. The van der Waals surface area contributed by atoms with Crippen LogP contribution >= 0.6 is 22.9 Å². The highest BCUT2D eigenvalue weighted by Crippen LogP contribution is 2.31. The fourth-order valence-electron chi connectivity index (χ4n) is 3.80. The molecule has 1 atom stereocenters. The number of rotatable bonds is 4. The molecule has 4 aromatic rings. The average Bonchev–Trinajstić information content (AvgIpc) is 3.42. The maximum atomic E-state index is 13.5. The highest BCUT2D eigenvalue weighted by Gasteiger charge is 2.32. The number of nitrogens with zero attached hydrogens (tertiary/aromatic N) is 2. The molecule has 0 aliphatic carbocycles. The van der Waals surface area contributed by atoms with Gasteiger partial charge in [0.1, 0.15) is 0 Å². The molecule has 3 heterocycles. The van der Waals surface area contributed by atoms with Crippen molar-refractivity contribution in [2.75, 3.05) is 5.32 Å². The van der Waals surface area contributed by atoms with Crippen LogP contribution in [-0.4, -0.2) is 10.5 Å². The molecule has 164 valence electrons. The van der Waals surface area contributed by atoms with Gasteiger partial charge in [-0.15, -0.1) is 0 Å². The number of hydrogen-bond acceptors (Lipinski definition) is 5. The van der Waals surface area contributed by atoms with E-state index in [1.165, 1.54) is 11.3 Å². The molecule has 1 N–H and O–H groups in total. The van der Waals surface area contributed by atoms with Gasteiger partial charge >= 0.3 is 0 Å². The average molecular weight is 476 g/mol. The first-order valence-electron chi connectivity index (χ1n) is 10.2. The summed E-state index contributed by atoms with van der Waals surface area (Å²) in [7, 11) is 0. The summed E-state index contributed by atoms with van der Waals surface area (Å²) in [6.07, 6.45) is 4.88. The molecular weight excluding hydrogens is 458 g/mol. The van der Waals surface area contributed by atoms with Crippen molar-refractivity contribution in [3.8, 4) is 0 Å². The Kier molecular flexibility index (Phi) is 5.58. The molecule has 0 fully saturated rings. The van der Waals surface area contributed by atoms with Crippen molar-refractivity contribution in [2.45, 2.75) is 13.0 Å². The number of nitrogens with one attached hydrogen (secondary N) is 1. The zero-order valence-corrected chi connectivity index (χ0v) is 19.1. The predicted octanol–water partition coefficient (Wildman–Crippen LogP) is 4.12. The molecule has 1 unspecified atom stereocenters. The number of para-hydroxylation sites is 1. The second-order valence-corrected chi connectivity index (χ2v) is 8.96. The van der Waals surface area contributed by atoms with Gasteiger partial charge in [0.2, 0.25) is 0 Å². The maximum Gasteiger partial charge on any atom is 0.271 e. The van der Waals surface area contributed by atoms with E-state index in [1.807, 2.05) is 42.5 Å². The van der Waals surface area contributed by atoms with Gasteiger partial charge in [-0.05, 0) is 48.9 Å². The minimum Gasteiger partial charge on any atom is -0.472 e. The van der Waals surface area contributed by atoms with Gasteiger partial charge in [0.05, 0.1) is 34.4 Å². The second-order valence-electron chi connectivity index (χ2n) is 7.51. The zero-order valence-electron chi connectivity index (χ0n) is 17.5. The lowest BCUT2D eigenvalue weighted by Gasteiger charge is -2.25. The fourth-order valence-corrected chi connectivity index (χ4v) is 4.97. The van der Waals surface area contributed by atoms with Crippen LogP contribution in [-0.2, 0) is 4.79 Å². The number of fused-ring (bicyclic) bond motifs is 1. The van der Waals surface area contributed by atoms with Crippen molar-refractivity contribution in [1.82, 2.24) is 4.57 Å². The molecular formula is C25H18ClN3O3S. The highest BCUT2D eigenvalue weighted by atomic mass is 35.5. The van der Waals surface area contributed by atoms with Crippen molar-refractivity contribution >= 4 is 40.6 Å². The van der Waals surface area contributed by atoms with E-state index in [0.717, 1.165) is 11.1 Å². The maximum absolute atomic E-state index is 13.5. The van der Waals surface area contributed by atoms with E-state index in [0.29, 0.717) is 31.3 Å². The van der Waals surface area contributed by atoms with Gasteiger partial charge in [-0.3, -0.25) is 14.2 Å². The molecule has 2 aromatic carbocycles. The number of aromatic nitrogens is 1. The Morgan fingerprint density at radius 2 is 1.91 bits per heavy atom. The van der Waals surface area contributed by atoms with E-state index >= 15 is 0 Å². The van der Waals surface area contributed by atoms with Crippen LogP contribution in [0.1, 0.15) is 24.1 Å². The number of furan rings is 1. The summed E-state index contributed by atoms with van der Waals surface area (Å²) in [5.41, 5.74) is 2.94. The number of thiazole rings is 1. The number of hydrogen-bond donors (Lipinski definition) is 1. The SMILES string of the molecule is CC1=C(C(=O)Nc2ccccc2)C(c2ccc(Cl)cc2)n2c(s/c(=C/c3ccoc3)c2=O)=N1. The highest BCUT2D eigenvalue weighted by molar-refractivity contribution is 7.07. The molecule has 1 aliphatic rings. The van der Waals surface area contributed by atoms with Crippen LogP contribution in [0.5, 0.6) is 0 Å². The third kappa shape index (κ3) is 4.08. The van der Waals surface area contributed by atoms with Gasteiger partial charge in [-0.1, -0.05) is 53.3 Å².